The second-order valence-electron chi connectivity index (χ2n) is 5.22. The summed E-state index contributed by atoms with van der Waals surface area (Å²) >= 11 is 0. The molecular formula is C14H27N3. The third kappa shape index (κ3) is 4.15. The lowest BCUT2D eigenvalue weighted by atomic mass is 10.0. The maximum Gasteiger partial charge on any atom is 0.0624 e. The predicted octanol–water partition coefficient (Wildman–Crippen LogP) is 2.79. The molecule has 1 aromatic rings. The van der Waals surface area contributed by atoms with Crippen LogP contribution in [0.5, 0.6) is 0 Å². The zero-order valence-corrected chi connectivity index (χ0v) is 12.0. The lowest BCUT2D eigenvalue weighted by Crippen LogP contribution is -2.40. The van der Waals surface area contributed by atoms with Crippen molar-refractivity contribution >= 4 is 0 Å². The minimum absolute atomic E-state index is 0.229. The van der Waals surface area contributed by atoms with Crippen molar-refractivity contribution in [3.8, 4) is 0 Å². The van der Waals surface area contributed by atoms with Crippen LogP contribution in [0.25, 0.3) is 0 Å². The molecule has 0 unspecified atom stereocenters. The van der Waals surface area contributed by atoms with Crippen LogP contribution in [0.1, 0.15) is 52.4 Å². The highest BCUT2D eigenvalue weighted by molar-refractivity contribution is 5.10. The van der Waals surface area contributed by atoms with E-state index in [1.165, 1.54) is 11.4 Å². The van der Waals surface area contributed by atoms with Gasteiger partial charge in [-0.15, -0.1) is 0 Å². The zero-order chi connectivity index (χ0) is 12.9. The summed E-state index contributed by atoms with van der Waals surface area (Å²) in [6.45, 7) is 13.0. The van der Waals surface area contributed by atoms with Gasteiger partial charge >= 0.3 is 0 Å². The SMILES string of the molecule is CCc1cc(CC)n(CCNC(C)(C)CC)n1. The van der Waals surface area contributed by atoms with Crippen LogP contribution in [0.2, 0.25) is 0 Å². The highest BCUT2D eigenvalue weighted by atomic mass is 15.3. The Morgan fingerprint density at radius 3 is 2.47 bits per heavy atom. The first kappa shape index (κ1) is 14.2. The Labute approximate surface area is 106 Å². The highest BCUT2D eigenvalue weighted by Crippen LogP contribution is 2.08. The van der Waals surface area contributed by atoms with Crippen LogP contribution >= 0.6 is 0 Å². The van der Waals surface area contributed by atoms with Crippen molar-refractivity contribution in [3.05, 3.63) is 17.5 Å². The van der Waals surface area contributed by atoms with Crippen molar-refractivity contribution in [2.75, 3.05) is 6.54 Å². The fraction of sp³-hybridized carbons (Fsp3) is 0.786. The summed E-state index contributed by atoms with van der Waals surface area (Å²) < 4.78 is 2.15. The van der Waals surface area contributed by atoms with Gasteiger partial charge in [-0.1, -0.05) is 20.8 Å². The van der Waals surface area contributed by atoms with Crippen LogP contribution in [-0.2, 0) is 19.4 Å². The number of nitrogens with one attached hydrogen (secondary N) is 1. The van der Waals surface area contributed by atoms with Crippen molar-refractivity contribution < 1.29 is 0 Å². The number of rotatable bonds is 7. The normalized spacial score (nSPS) is 12.1. The molecule has 1 aromatic heterocycles. The van der Waals surface area contributed by atoms with E-state index >= 15 is 0 Å². The molecule has 0 aliphatic heterocycles. The number of hydrogen-bond acceptors (Lipinski definition) is 2. The van der Waals surface area contributed by atoms with Gasteiger partial charge in [0, 0.05) is 17.8 Å². The van der Waals surface area contributed by atoms with Gasteiger partial charge in [0.05, 0.1) is 12.2 Å². The Morgan fingerprint density at radius 1 is 1.24 bits per heavy atom. The quantitative estimate of drug-likeness (QED) is 0.790. The summed E-state index contributed by atoms with van der Waals surface area (Å²) in [6, 6.07) is 2.23. The van der Waals surface area contributed by atoms with Gasteiger partial charge < -0.3 is 5.32 Å². The van der Waals surface area contributed by atoms with Crippen LogP contribution in [0, 0.1) is 0 Å². The van der Waals surface area contributed by atoms with E-state index in [-0.39, 0.29) is 5.54 Å². The van der Waals surface area contributed by atoms with Crippen LogP contribution in [0.3, 0.4) is 0 Å². The van der Waals surface area contributed by atoms with Crippen molar-refractivity contribution in [2.24, 2.45) is 0 Å². The topological polar surface area (TPSA) is 29.9 Å². The largest absolute Gasteiger partial charge is 0.310 e. The van der Waals surface area contributed by atoms with E-state index in [1.54, 1.807) is 0 Å². The molecule has 0 amide bonds. The average Bonchev–Trinajstić information content (AvgIpc) is 2.71. The molecular weight excluding hydrogens is 210 g/mol. The smallest absolute Gasteiger partial charge is 0.0624 e. The molecule has 0 spiro atoms. The van der Waals surface area contributed by atoms with Crippen molar-refractivity contribution in [3.63, 3.8) is 0 Å². The Kier molecular flexibility index (Phi) is 5.19. The summed E-state index contributed by atoms with van der Waals surface area (Å²) in [7, 11) is 0. The first-order chi connectivity index (χ1) is 8.02. The van der Waals surface area contributed by atoms with Crippen LogP contribution in [0.4, 0.5) is 0 Å². The molecule has 0 bridgehead atoms. The second kappa shape index (κ2) is 6.20. The molecule has 0 fully saturated rings. The molecule has 17 heavy (non-hydrogen) atoms. The van der Waals surface area contributed by atoms with Crippen LogP contribution in [0.15, 0.2) is 6.07 Å². The van der Waals surface area contributed by atoms with E-state index in [1.807, 2.05) is 0 Å². The third-order valence-electron chi connectivity index (χ3n) is 3.45. The van der Waals surface area contributed by atoms with Crippen molar-refractivity contribution in [1.29, 1.82) is 0 Å². The van der Waals surface area contributed by atoms with Gasteiger partial charge in [0.15, 0.2) is 0 Å². The molecule has 0 aliphatic rings. The molecule has 1 N–H and O–H groups in total. The number of hydrogen-bond donors (Lipinski definition) is 1. The first-order valence-electron chi connectivity index (χ1n) is 6.83. The standard InChI is InChI=1S/C14H27N3/c1-6-12-11-13(7-2)17(16-12)10-9-15-14(4,5)8-3/h11,15H,6-10H2,1-5H3. The molecule has 1 heterocycles. The minimum atomic E-state index is 0.229. The second-order valence-corrected chi connectivity index (χ2v) is 5.22. The monoisotopic (exact) mass is 237 g/mol. The van der Waals surface area contributed by atoms with E-state index in [9.17, 15) is 0 Å². The average molecular weight is 237 g/mol. The number of aryl methyl sites for hydroxylation is 2. The summed E-state index contributed by atoms with van der Waals surface area (Å²) in [6.07, 6.45) is 3.23. The number of nitrogens with zero attached hydrogens (tertiary/aromatic N) is 2. The van der Waals surface area contributed by atoms with Crippen LogP contribution in [-0.4, -0.2) is 21.9 Å². The number of aromatic nitrogens is 2. The van der Waals surface area contributed by atoms with Crippen molar-refractivity contribution in [1.82, 2.24) is 15.1 Å². The Balaban J connectivity index is 2.54. The van der Waals surface area contributed by atoms with E-state index < -0.39 is 0 Å². The molecule has 0 saturated carbocycles. The molecule has 1 rings (SSSR count). The van der Waals surface area contributed by atoms with Gasteiger partial charge in [0.1, 0.15) is 0 Å². The fourth-order valence-corrected chi connectivity index (χ4v) is 1.79. The molecule has 0 aliphatic carbocycles. The highest BCUT2D eigenvalue weighted by Gasteiger charge is 2.13. The first-order valence-corrected chi connectivity index (χ1v) is 6.83. The maximum atomic E-state index is 4.62. The van der Waals surface area contributed by atoms with Gasteiger partial charge in [-0.3, -0.25) is 4.68 Å². The van der Waals surface area contributed by atoms with Gasteiger partial charge in [0.2, 0.25) is 0 Å². The fourth-order valence-electron chi connectivity index (χ4n) is 1.79. The minimum Gasteiger partial charge on any atom is -0.310 e. The maximum absolute atomic E-state index is 4.62. The molecule has 0 radical (unpaired) electrons. The van der Waals surface area contributed by atoms with E-state index in [0.717, 1.165) is 32.4 Å². The van der Waals surface area contributed by atoms with E-state index in [0.29, 0.717) is 0 Å². The predicted molar refractivity (Wildman–Crippen MR) is 73.4 cm³/mol. The molecule has 0 saturated heterocycles. The Hall–Kier alpha value is -0.830. The van der Waals surface area contributed by atoms with Crippen molar-refractivity contribution in [2.45, 2.75) is 66.0 Å². The summed E-state index contributed by atoms with van der Waals surface area (Å²) in [5, 5.41) is 8.20. The zero-order valence-electron chi connectivity index (χ0n) is 12.0. The summed E-state index contributed by atoms with van der Waals surface area (Å²) in [4.78, 5) is 0. The lowest BCUT2D eigenvalue weighted by molar-refractivity contribution is 0.361. The molecule has 0 atom stereocenters. The summed E-state index contributed by atoms with van der Waals surface area (Å²) in [5.74, 6) is 0. The molecule has 0 aromatic carbocycles. The lowest BCUT2D eigenvalue weighted by Gasteiger charge is -2.24. The molecule has 3 nitrogen and oxygen atoms in total. The van der Waals surface area contributed by atoms with E-state index in [2.05, 4.69) is 55.8 Å². The van der Waals surface area contributed by atoms with Gasteiger partial charge in [0.25, 0.3) is 0 Å². The van der Waals surface area contributed by atoms with Crippen LogP contribution < -0.4 is 5.32 Å². The Morgan fingerprint density at radius 2 is 1.94 bits per heavy atom. The van der Waals surface area contributed by atoms with Gasteiger partial charge in [-0.25, -0.2) is 0 Å². The third-order valence-corrected chi connectivity index (χ3v) is 3.45. The Bertz CT molecular complexity index is 339. The molecule has 3 heteroatoms. The van der Waals surface area contributed by atoms with E-state index in [4.69, 9.17) is 0 Å². The van der Waals surface area contributed by atoms with Gasteiger partial charge in [-0.05, 0) is 39.2 Å². The molecule has 98 valence electrons. The summed E-state index contributed by atoms with van der Waals surface area (Å²) in [5.41, 5.74) is 2.78. The van der Waals surface area contributed by atoms with Gasteiger partial charge in [-0.2, -0.15) is 5.10 Å².